The van der Waals surface area contributed by atoms with Crippen LogP contribution < -0.4 is 5.32 Å². The first-order chi connectivity index (χ1) is 16.5. The number of nitrogens with zero attached hydrogens (tertiary/aromatic N) is 2. The minimum Gasteiger partial charge on any atom is -0.394 e. The van der Waals surface area contributed by atoms with Crippen molar-refractivity contribution in [3.05, 3.63) is 39.9 Å². The Labute approximate surface area is 202 Å². The second kappa shape index (κ2) is 16.5. The Morgan fingerprint density at radius 1 is 1.00 bits per heavy atom. The maximum Gasteiger partial charge on any atom is 0.269 e. The smallest absolute Gasteiger partial charge is 0.269 e. The summed E-state index contributed by atoms with van der Waals surface area (Å²) in [6.07, 6.45) is 9.61. The fraction of sp³-hybridized carbons (Fsp3) is 0.720. The summed E-state index contributed by atoms with van der Waals surface area (Å²) in [6, 6.07) is 4.60. The van der Waals surface area contributed by atoms with Crippen molar-refractivity contribution < 1.29 is 24.7 Å². The average molecular weight is 480 g/mol. The number of nitro groups is 1. The normalized spacial score (nSPS) is 16.2. The van der Waals surface area contributed by atoms with E-state index in [2.05, 4.69) is 10.2 Å². The number of carbonyl (C=O) groups excluding carboxylic acids is 1. The van der Waals surface area contributed by atoms with Gasteiger partial charge < -0.3 is 20.3 Å². The summed E-state index contributed by atoms with van der Waals surface area (Å²) >= 11 is 0. The van der Waals surface area contributed by atoms with E-state index in [0.29, 0.717) is 12.0 Å². The van der Waals surface area contributed by atoms with Crippen LogP contribution in [0.5, 0.6) is 0 Å². The maximum absolute atomic E-state index is 12.2. The average Bonchev–Trinajstić information content (AvgIpc) is 2.86. The zero-order valence-corrected chi connectivity index (χ0v) is 20.2. The summed E-state index contributed by atoms with van der Waals surface area (Å²) in [5.41, 5.74) is 0.329. The molecule has 2 atom stereocenters. The van der Waals surface area contributed by atoms with Crippen molar-refractivity contribution in [3.8, 4) is 0 Å². The minimum atomic E-state index is -1.14. The number of hydrogen-bond acceptors (Lipinski definition) is 7. The summed E-state index contributed by atoms with van der Waals surface area (Å²) in [4.78, 5) is 24.9. The zero-order chi connectivity index (χ0) is 24.6. The Bertz CT molecular complexity index is 709. The molecule has 192 valence electrons. The van der Waals surface area contributed by atoms with Crippen LogP contribution in [0.25, 0.3) is 0 Å². The summed E-state index contributed by atoms with van der Waals surface area (Å²) in [5, 5.41) is 33.4. The van der Waals surface area contributed by atoms with E-state index in [9.17, 15) is 25.1 Å². The van der Waals surface area contributed by atoms with Gasteiger partial charge >= 0.3 is 0 Å². The minimum absolute atomic E-state index is 0.0793. The number of hydrogen-bond donors (Lipinski definition) is 3. The van der Waals surface area contributed by atoms with E-state index < -0.39 is 23.7 Å². The molecule has 0 aliphatic carbocycles. The molecule has 1 amide bonds. The maximum atomic E-state index is 12.2. The fourth-order valence-electron chi connectivity index (χ4n) is 4.21. The molecule has 1 aliphatic rings. The summed E-state index contributed by atoms with van der Waals surface area (Å²) < 4.78 is 5.37. The van der Waals surface area contributed by atoms with Crippen molar-refractivity contribution in [1.29, 1.82) is 0 Å². The molecule has 1 aromatic carbocycles. The number of unbranched alkanes of at least 4 members (excludes halogenated alkanes) is 8. The number of rotatable bonds is 17. The molecular formula is C25H41N3O6. The molecule has 9 nitrogen and oxygen atoms in total. The van der Waals surface area contributed by atoms with E-state index in [-0.39, 0.29) is 11.6 Å². The number of non-ortho nitro benzene ring substituents is 1. The largest absolute Gasteiger partial charge is 0.394 e. The quantitative estimate of drug-likeness (QED) is 0.178. The highest BCUT2D eigenvalue weighted by molar-refractivity contribution is 5.76. The molecule has 3 N–H and O–H groups in total. The Morgan fingerprint density at radius 2 is 1.56 bits per heavy atom. The van der Waals surface area contributed by atoms with Crippen LogP contribution in [0, 0.1) is 10.1 Å². The number of ether oxygens (including phenoxy) is 1. The van der Waals surface area contributed by atoms with Gasteiger partial charge in [-0.1, -0.05) is 44.9 Å². The molecule has 1 fully saturated rings. The van der Waals surface area contributed by atoms with E-state index in [0.717, 1.165) is 45.6 Å². The van der Waals surface area contributed by atoms with Crippen LogP contribution in [-0.2, 0) is 9.53 Å². The number of aliphatic hydroxyl groups is 2. The third-order valence-corrected chi connectivity index (χ3v) is 6.35. The lowest BCUT2D eigenvalue weighted by molar-refractivity contribution is -0.384. The lowest BCUT2D eigenvalue weighted by Crippen LogP contribution is -2.41. The Balaban J connectivity index is 1.48. The third-order valence-electron chi connectivity index (χ3n) is 6.35. The predicted octanol–water partition coefficient (Wildman–Crippen LogP) is 3.34. The second-order valence-electron chi connectivity index (χ2n) is 9.04. The standard InChI is InChI=1S/C25H41N3O6/c29-20-23(25(31)21-11-13-22(14-12-21)28(32)33)26-24(30)10-8-6-4-2-1-3-5-7-9-15-27-16-18-34-19-17-27/h11-14,23,25,29,31H,1-10,15-20H2,(H,26,30)/t23-,25-/m1/s1. The van der Waals surface area contributed by atoms with Crippen LogP contribution in [-0.4, -0.2) is 71.4 Å². The van der Waals surface area contributed by atoms with Gasteiger partial charge in [-0.05, 0) is 37.1 Å². The lowest BCUT2D eigenvalue weighted by Gasteiger charge is -2.26. The number of morpholine rings is 1. The molecule has 1 aromatic rings. The Kier molecular flexibility index (Phi) is 13.7. The van der Waals surface area contributed by atoms with Crippen molar-refractivity contribution in [2.24, 2.45) is 0 Å². The highest BCUT2D eigenvalue weighted by atomic mass is 16.6. The SMILES string of the molecule is O=C(CCCCCCCCCCCN1CCOCC1)N[C@H](CO)[C@H](O)c1ccc([N+](=O)[O-])cc1. The zero-order valence-electron chi connectivity index (χ0n) is 20.2. The predicted molar refractivity (Wildman–Crippen MR) is 131 cm³/mol. The van der Waals surface area contributed by atoms with E-state index in [1.165, 1.54) is 69.3 Å². The van der Waals surface area contributed by atoms with Gasteiger partial charge in [0.25, 0.3) is 5.69 Å². The van der Waals surface area contributed by atoms with Gasteiger partial charge in [-0.3, -0.25) is 19.8 Å². The van der Waals surface area contributed by atoms with Gasteiger partial charge in [-0.25, -0.2) is 0 Å². The number of aliphatic hydroxyl groups excluding tert-OH is 2. The van der Waals surface area contributed by atoms with Crippen molar-refractivity contribution in [3.63, 3.8) is 0 Å². The molecule has 0 radical (unpaired) electrons. The van der Waals surface area contributed by atoms with Crippen LogP contribution in [0.15, 0.2) is 24.3 Å². The van der Waals surface area contributed by atoms with Crippen molar-refractivity contribution in [2.75, 3.05) is 39.5 Å². The summed E-state index contributed by atoms with van der Waals surface area (Å²) in [6.45, 7) is 4.64. The molecule has 9 heteroatoms. The van der Waals surface area contributed by atoms with Crippen molar-refractivity contribution in [1.82, 2.24) is 10.2 Å². The molecule has 34 heavy (non-hydrogen) atoms. The van der Waals surface area contributed by atoms with Crippen molar-refractivity contribution in [2.45, 2.75) is 76.4 Å². The van der Waals surface area contributed by atoms with Gasteiger partial charge in [0, 0.05) is 31.6 Å². The number of carbonyl (C=O) groups is 1. The van der Waals surface area contributed by atoms with E-state index in [1.54, 1.807) is 0 Å². The molecular weight excluding hydrogens is 438 g/mol. The molecule has 1 aliphatic heterocycles. The molecule has 0 spiro atoms. The molecule has 0 bridgehead atoms. The molecule has 0 saturated carbocycles. The lowest BCUT2D eigenvalue weighted by atomic mass is 10.0. The van der Waals surface area contributed by atoms with Gasteiger partial charge in [-0.2, -0.15) is 0 Å². The van der Waals surface area contributed by atoms with Crippen LogP contribution in [0.4, 0.5) is 5.69 Å². The second-order valence-corrected chi connectivity index (χ2v) is 9.04. The van der Waals surface area contributed by atoms with Gasteiger partial charge in [0.15, 0.2) is 0 Å². The van der Waals surface area contributed by atoms with Crippen LogP contribution >= 0.6 is 0 Å². The number of nitro benzene ring substituents is 1. The van der Waals surface area contributed by atoms with Crippen LogP contribution in [0.3, 0.4) is 0 Å². The Morgan fingerprint density at radius 3 is 2.12 bits per heavy atom. The number of benzene rings is 1. The molecule has 1 saturated heterocycles. The van der Waals surface area contributed by atoms with E-state index >= 15 is 0 Å². The van der Waals surface area contributed by atoms with Crippen LogP contribution in [0.2, 0.25) is 0 Å². The highest BCUT2D eigenvalue weighted by Crippen LogP contribution is 2.20. The van der Waals surface area contributed by atoms with E-state index in [4.69, 9.17) is 4.74 Å². The summed E-state index contributed by atoms with van der Waals surface area (Å²) in [7, 11) is 0. The van der Waals surface area contributed by atoms with Crippen LogP contribution in [0.1, 0.15) is 75.9 Å². The molecule has 2 rings (SSSR count). The number of amides is 1. The molecule has 0 aromatic heterocycles. The van der Waals surface area contributed by atoms with Gasteiger partial charge in [-0.15, -0.1) is 0 Å². The van der Waals surface area contributed by atoms with E-state index in [1.807, 2.05) is 0 Å². The first-order valence-electron chi connectivity index (χ1n) is 12.6. The number of nitrogens with one attached hydrogen (secondary N) is 1. The fourth-order valence-corrected chi connectivity index (χ4v) is 4.21. The first-order valence-corrected chi connectivity index (χ1v) is 12.6. The molecule has 0 unspecified atom stereocenters. The first kappa shape index (κ1) is 28.2. The monoisotopic (exact) mass is 479 g/mol. The Hall–Kier alpha value is -2.07. The highest BCUT2D eigenvalue weighted by Gasteiger charge is 2.22. The topological polar surface area (TPSA) is 125 Å². The van der Waals surface area contributed by atoms with Gasteiger partial charge in [0.05, 0.1) is 30.8 Å². The van der Waals surface area contributed by atoms with Gasteiger partial charge in [0.1, 0.15) is 6.10 Å². The molecule has 1 heterocycles. The summed E-state index contributed by atoms with van der Waals surface area (Å²) in [5.74, 6) is -0.208. The third kappa shape index (κ3) is 10.9. The van der Waals surface area contributed by atoms with Crippen molar-refractivity contribution >= 4 is 11.6 Å². The van der Waals surface area contributed by atoms with Gasteiger partial charge in [0.2, 0.25) is 5.91 Å².